The van der Waals surface area contributed by atoms with Crippen molar-refractivity contribution in [3.8, 4) is 22.6 Å². The quantitative estimate of drug-likeness (QED) is 0.0711. The zero-order valence-corrected chi connectivity index (χ0v) is 23.5. The molecule has 0 spiro atoms. The highest BCUT2D eigenvalue weighted by Crippen LogP contribution is 2.25. The molecule has 0 aliphatic heterocycles. The minimum absolute atomic E-state index is 0.112. The number of ether oxygens (including phenoxy) is 3. The smallest absolute Gasteiger partial charge is 0.338 e. The lowest BCUT2D eigenvalue weighted by molar-refractivity contribution is -0.139. The summed E-state index contributed by atoms with van der Waals surface area (Å²) in [5.74, 6) is 0.330. The van der Waals surface area contributed by atoms with E-state index in [4.69, 9.17) is 14.2 Å². The van der Waals surface area contributed by atoms with E-state index in [-0.39, 0.29) is 11.1 Å². The van der Waals surface area contributed by atoms with Gasteiger partial charge in [0.25, 0.3) is 0 Å². The lowest BCUT2D eigenvalue weighted by atomic mass is 10.0. The molecule has 0 aromatic heterocycles. The molecule has 3 aromatic rings. The van der Waals surface area contributed by atoms with Gasteiger partial charge in [0, 0.05) is 16.0 Å². The second kappa shape index (κ2) is 15.3. The Morgan fingerprint density at radius 2 is 1.27 bits per heavy atom. The third-order valence-corrected chi connectivity index (χ3v) is 6.35. The summed E-state index contributed by atoms with van der Waals surface area (Å²) in [6, 6.07) is 22.5. The monoisotopic (exact) mass is 556 g/mol. The van der Waals surface area contributed by atoms with Crippen LogP contribution in [0.3, 0.4) is 0 Å². The van der Waals surface area contributed by atoms with Gasteiger partial charge in [-0.15, -0.1) is 0 Å². The van der Waals surface area contributed by atoms with E-state index >= 15 is 0 Å². The van der Waals surface area contributed by atoms with E-state index in [9.17, 15) is 14.4 Å². The molecule has 0 atom stereocenters. The molecule has 3 rings (SSSR count). The van der Waals surface area contributed by atoms with E-state index < -0.39 is 5.97 Å². The van der Waals surface area contributed by atoms with Gasteiger partial charge in [0.05, 0.1) is 13.2 Å². The molecule has 0 radical (unpaired) electrons. The van der Waals surface area contributed by atoms with E-state index in [0.717, 1.165) is 51.9 Å². The van der Waals surface area contributed by atoms with Crippen LogP contribution in [0.5, 0.6) is 11.5 Å². The third-order valence-electron chi connectivity index (χ3n) is 5.50. The van der Waals surface area contributed by atoms with Crippen molar-refractivity contribution in [3.05, 3.63) is 109 Å². The van der Waals surface area contributed by atoms with Gasteiger partial charge in [-0.1, -0.05) is 55.6 Å². The first-order valence-corrected chi connectivity index (χ1v) is 13.6. The van der Waals surface area contributed by atoms with Crippen molar-refractivity contribution < 1.29 is 28.6 Å². The number of hydrogen-bond acceptors (Lipinski definition) is 7. The van der Waals surface area contributed by atoms with Crippen LogP contribution in [0.2, 0.25) is 0 Å². The van der Waals surface area contributed by atoms with Gasteiger partial charge in [-0.25, -0.2) is 9.59 Å². The van der Waals surface area contributed by atoms with Gasteiger partial charge in [0.2, 0.25) is 5.12 Å². The summed E-state index contributed by atoms with van der Waals surface area (Å²) in [5, 5.41) is -0.112. The highest BCUT2D eigenvalue weighted by molar-refractivity contribution is 8.14. The normalized spacial score (nSPS) is 10.7. The van der Waals surface area contributed by atoms with Gasteiger partial charge < -0.3 is 14.2 Å². The number of esters is 2. The number of carbonyl (C=O) groups is 3. The van der Waals surface area contributed by atoms with Crippen LogP contribution in [0.1, 0.15) is 32.3 Å². The van der Waals surface area contributed by atoms with Crippen LogP contribution in [0.25, 0.3) is 17.2 Å². The lowest BCUT2D eigenvalue weighted by Crippen LogP contribution is -2.07. The van der Waals surface area contributed by atoms with E-state index in [1.165, 1.54) is 6.08 Å². The summed E-state index contributed by atoms with van der Waals surface area (Å²) in [6.07, 6.45) is 4.81. The Balaban J connectivity index is 1.43. The first-order valence-electron chi connectivity index (χ1n) is 12.7. The molecule has 3 aromatic carbocycles. The van der Waals surface area contributed by atoms with E-state index in [2.05, 4.69) is 13.2 Å². The zero-order valence-electron chi connectivity index (χ0n) is 22.7. The van der Waals surface area contributed by atoms with Crippen LogP contribution in [-0.2, 0) is 19.1 Å². The molecule has 0 bridgehead atoms. The Kier molecular flexibility index (Phi) is 11.5. The average Bonchev–Trinajstić information content (AvgIpc) is 2.95. The first-order chi connectivity index (χ1) is 19.2. The molecule has 0 aliphatic carbocycles. The molecule has 0 saturated carbocycles. The summed E-state index contributed by atoms with van der Waals surface area (Å²) in [6.45, 7) is 11.2. The molecule has 6 nitrogen and oxygen atoms in total. The maximum absolute atomic E-state index is 12.4. The van der Waals surface area contributed by atoms with Crippen molar-refractivity contribution in [1.29, 1.82) is 0 Å². The second-order valence-corrected chi connectivity index (χ2v) is 10.1. The largest absolute Gasteiger partial charge is 0.494 e. The first kappa shape index (κ1) is 30.2. The maximum Gasteiger partial charge on any atom is 0.338 e. The Morgan fingerprint density at radius 1 is 0.725 bits per heavy atom. The fourth-order valence-corrected chi connectivity index (χ4v) is 3.94. The number of unbranched alkanes of at least 4 members (excludes halogenated alkanes) is 1. The number of carbonyl (C=O) groups excluding carboxylic acids is 3. The van der Waals surface area contributed by atoms with Crippen LogP contribution >= 0.6 is 11.8 Å². The van der Waals surface area contributed by atoms with E-state index in [1.54, 1.807) is 44.2 Å². The SMILES string of the molecule is C=C(C)C(=O)OCCCCOc1ccc(-c2ccc(/C=C/C(=O)Sc3ccc(OC(=O)C(=C)C)cc3)cc2)cc1. The van der Waals surface area contributed by atoms with Gasteiger partial charge in [-0.2, -0.15) is 0 Å². The molecule has 0 unspecified atom stereocenters. The average molecular weight is 557 g/mol. The van der Waals surface area contributed by atoms with Crippen LogP contribution < -0.4 is 9.47 Å². The van der Waals surface area contributed by atoms with Crippen LogP contribution in [-0.4, -0.2) is 30.3 Å². The Labute approximate surface area is 239 Å². The summed E-state index contributed by atoms with van der Waals surface area (Å²) in [7, 11) is 0. The van der Waals surface area contributed by atoms with Crippen molar-refractivity contribution in [1.82, 2.24) is 0 Å². The molecule has 0 fully saturated rings. The second-order valence-electron chi connectivity index (χ2n) is 9.01. The summed E-state index contributed by atoms with van der Waals surface area (Å²) in [5.41, 5.74) is 3.74. The van der Waals surface area contributed by atoms with Crippen molar-refractivity contribution in [2.24, 2.45) is 0 Å². The predicted octanol–water partition coefficient (Wildman–Crippen LogP) is 7.45. The topological polar surface area (TPSA) is 78.9 Å². The van der Waals surface area contributed by atoms with E-state index in [0.29, 0.717) is 30.1 Å². The fourth-order valence-electron chi connectivity index (χ4n) is 3.30. The number of thioether (sulfide) groups is 1. The van der Waals surface area contributed by atoms with Gasteiger partial charge in [-0.05, 0) is 97.6 Å². The molecule has 206 valence electrons. The molecule has 0 N–H and O–H groups in total. The van der Waals surface area contributed by atoms with Crippen LogP contribution in [0, 0.1) is 0 Å². The molecule has 0 saturated heterocycles. The highest BCUT2D eigenvalue weighted by Gasteiger charge is 2.07. The van der Waals surface area contributed by atoms with Gasteiger partial charge in [0.1, 0.15) is 11.5 Å². The molecular weight excluding hydrogens is 524 g/mol. The maximum atomic E-state index is 12.4. The number of rotatable bonds is 13. The van der Waals surface area contributed by atoms with Gasteiger partial charge >= 0.3 is 11.9 Å². The molecule has 7 heteroatoms. The fraction of sp³-hybridized carbons (Fsp3) is 0.182. The summed E-state index contributed by atoms with van der Waals surface area (Å²) < 4.78 is 16.0. The van der Waals surface area contributed by atoms with Crippen molar-refractivity contribution >= 4 is 34.9 Å². The highest BCUT2D eigenvalue weighted by atomic mass is 32.2. The predicted molar refractivity (Wildman–Crippen MR) is 159 cm³/mol. The molecule has 40 heavy (non-hydrogen) atoms. The summed E-state index contributed by atoms with van der Waals surface area (Å²) >= 11 is 1.09. The minimum Gasteiger partial charge on any atom is -0.494 e. The standard InChI is InChI=1S/C33H32O6S/c1-23(2)32(35)38-22-6-5-21-37-28-14-12-27(13-15-28)26-10-7-25(8-11-26)9-20-31(34)40-30-18-16-29(17-19-30)39-33(36)24(3)4/h7-20H,1,3,5-6,21-22H2,2,4H3/b20-9+. The lowest BCUT2D eigenvalue weighted by Gasteiger charge is -2.08. The number of benzene rings is 3. The van der Waals surface area contributed by atoms with Crippen molar-refractivity contribution in [2.45, 2.75) is 31.6 Å². The Morgan fingerprint density at radius 3 is 1.88 bits per heavy atom. The Hall–Kier alpha value is -4.36. The van der Waals surface area contributed by atoms with E-state index in [1.807, 2.05) is 48.5 Å². The molecule has 0 aliphatic rings. The van der Waals surface area contributed by atoms with Crippen molar-refractivity contribution in [2.75, 3.05) is 13.2 Å². The number of hydrogen-bond donors (Lipinski definition) is 0. The molecular formula is C33H32O6S. The van der Waals surface area contributed by atoms with Crippen LogP contribution in [0.15, 0.2) is 108 Å². The summed E-state index contributed by atoms with van der Waals surface area (Å²) in [4.78, 5) is 36.1. The zero-order chi connectivity index (χ0) is 28.9. The van der Waals surface area contributed by atoms with Crippen LogP contribution in [0.4, 0.5) is 0 Å². The Bertz CT molecular complexity index is 1370. The van der Waals surface area contributed by atoms with Gasteiger partial charge in [0.15, 0.2) is 0 Å². The molecule has 0 amide bonds. The third kappa shape index (κ3) is 10.1. The van der Waals surface area contributed by atoms with Gasteiger partial charge in [-0.3, -0.25) is 4.79 Å². The van der Waals surface area contributed by atoms with Crippen molar-refractivity contribution in [3.63, 3.8) is 0 Å². The molecule has 0 heterocycles. The minimum atomic E-state index is -0.486.